The van der Waals surface area contributed by atoms with Crippen molar-refractivity contribution >= 4 is 18.3 Å². The minimum atomic E-state index is -0.111. The molecular weight excluding hydrogens is 442 g/mol. The molecule has 0 radical (unpaired) electrons. The second kappa shape index (κ2) is 13.6. The minimum absolute atomic E-state index is 0.0595. The fourth-order valence-corrected chi connectivity index (χ4v) is 4.62. The maximum Gasteiger partial charge on any atom is 0.0378 e. The highest BCUT2D eigenvalue weighted by Crippen LogP contribution is 2.36. The second-order valence-corrected chi connectivity index (χ2v) is 10.9. The predicted molar refractivity (Wildman–Crippen MR) is 160 cm³/mol. The van der Waals surface area contributed by atoms with Crippen LogP contribution in [0.4, 0.5) is 5.69 Å². The SMILES string of the molecule is CC/C=C/C(=C/C=C/C=C/CC(C)(C)c1ccccc1NCCC)C(C)(C)c1cc(S)ccc1C. The van der Waals surface area contributed by atoms with Gasteiger partial charge in [-0.05, 0) is 72.1 Å². The summed E-state index contributed by atoms with van der Waals surface area (Å²) in [5, 5.41) is 3.59. The Kier molecular flexibility index (Phi) is 11.2. The fourth-order valence-electron chi connectivity index (χ4n) is 4.42. The normalized spacial score (nSPS) is 13.4. The van der Waals surface area contributed by atoms with Gasteiger partial charge in [-0.2, -0.15) is 0 Å². The lowest BCUT2D eigenvalue weighted by atomic mass is 9.75. The molecule has 0 fully saturated rings. The van der Waals surface area contributed by atoms with Crippen molar-refractivity contribution in [2.24, 2.45) is 0 Å². The number of hydrogen-bond acceptors (Lipinski definition) is 2. The van der Waals surface area contributed by atoms with E-state index in [0.29, 0.717) is 0 Å². The Balaban J connectivity index is 2.19. The topological polar surface area (TPSA) is 12.0 Å². The standard InChI is InChI=1S/C33H45NS/c1-8-10-17-27(33(6,7)30-25-28(35)22-21-26(30)3)18-13-11-12-16-23-32(4,5)29-19-14-15-20-31(29)34-24-9-2/h10-22,25,34-35H,8-9,23-24H2,1-7H3/b13-11+,16-12+,17-10+,27-18-. The lowest BCUT2D eigenvalue weighted by Crippen LogP contribution is -2.21. The molecule has 2 heteroatoms. The van der Waals surface area contributed by atoms with Crippen molar-refractivity contribution in [2.45, 2.75) is 83.5 Å². The largest absolute Gasteiger partial charge is 0.385 e. The molecule has 0 amide bonds. The van der Waals surface area contributed by atoms with E-state index in [0.717, 1.165) is 30.7 Å². The van der Waals surface area contributed by atoms with E-state index >= 15 is 0 Å². The van der Waals surface area contributed by atoms with Crippen LogP contribution >= 0.6 is 12.6 Å². The van der Waals surface area contributed by atoms with E-state index in [1.165, 1.54) is 28.0 Å². The van der Waals surface area contributed by atoms with Crippen LogP contribution in [0.15, 0.2) is 95.5 Å². The summed E-state index contributed by atoms with van der Waals surface area (Å²) in [5.74, 6) is 0. The average molecular weight is 488 g/mol. The maximum absolute atomic E-state index is 4.59. The zero-order valence-electron chi connectivity index (χ0n) is 22.9. The van der Waals surface area contributed by atoms with Crippen LogP contribution < -0.4 is 5.32 Å². The lowest BCUT2D eigenvalue weighted by molar-refractivity contribution is 0.535. The van der Waals surface area contributed by atoms with Gasteiger partial charge in [0.25, 0.3) is 0 Å². The van der Waals surface area contributed by atoms with Crippen molar-refractivity contribution in [3.8, 4) is 0 Å². The molecule has 0 saturated carbocycles. The van der Waals surface area contributed by atoms with E-state index in [4.69, 9.17) is 0 Å². The number of nitrogens with one attached hydrogen (secondary N) is 1. The third-order valence-corrected chi connectivity index (χ3v) is 6.91. The van der Waals surface area contributed by atoms with Gasteiger partial charge in [-0.25, -0.2) is 0 Å². The zero-order chi connectivity index (χ0) is 25.9. The summed E-state index contributed by atoms with van der Waals surface area (Å²) < 4.78 is 0. The highest BCUT2D eigenvalue weighted by atomic mass is 32.1. The van der Waals surface area contributed by atoms with Crippen molar-refractivity contribution in [1.29, 1.82) is 0 Å². The molecule has 0 saturated heterocycles. The molecule has 35 heavy (non-hydrogen) atoms. The van der Waals surface area contributed by atoms with Gasteiger partial charge < -0.3 is 5.32 Å². The highest BCUT2D eigenvalue weighted by Gasteiger charge is 2.25. The summed E-state index contributed by atoms with van der Waals surface area (Å²) in [7, 11) is 0. The number of allylic oxidation sites excluding steroid dienone is 8. The molecule has 1 N–H and O–H groups in total. The maximum atomic E-state index is 4.59. The summed E-state index contributed by atoms with van der Waals surface area (Å²) in [6, 6.07) is 15.1. The molecule has 0 atom stereocenters. The quantitative estimate of drug-likeness (QED) is 0.224. The molecular formula is C33H45NS. The number of para-hydroxylation sites is 1. The number of anilines is 1. The Bertz CT molecular complexity index is 1070. The smallest absolute Gasteiger partial charge is 0.0378 e. The Labute approximate surface area is 220 Å². The molecule has 0 aliphatic heterocycles. The zero-order valence-corrected chi connectivity index (χ0v) is 23.8. The number of rotatable bonds is 12. The first-order valence-electron chi connectivity index (χ1n) is 13.0. The third kappa shape index (κ3) is 8.32. The summed E-state index contributed by atoms with van der Waals surface area (Å²) in [6.07, 6.45) is 18.6. The van der Waals surface area contributed by atoms with Gasteiger partial charge in [-0.15, -0.1) is 12.6 Å². The van der Waals surface area contributed by atoms with Gasteiger partial charge >= 0.3 is 0 Å². The van der Waals surface area contributed by atoms with Crippen LogP contribution in [-0.4, -0.2) is 6.54 Å². The Morgan fingerprint density at radius 3 is 2.37 bits per heavy atom. The third-order valence-electron chi connectivity index (χ3n) is 6.63. The molecule has 0 unspecified atom stereocenters. The lowest BCUT2D eigenvalue weighted by Gasteiger charge is -2.29. The van der Waals surface area contributed by atoms with Gasteiger partial charge in [0, 0.05) is 22.5 Å². The van der Waals surface area contributed by atoms with Gasteiger partial charge in [0.1, 0.15) is 0 Å². The van der Waals surface area contributed by atoms with Crippen LogP contribution in [0.5, 0.6) is 0 Å². The van der Waals surface area contributed by atoms with Crippen LogP contribution in [0, 0.1) is 6.92 Å². The molecule has 2 aromatic rings. The number of hydrogen-bond donors (Lipinski definition) is 2. The molecule has 0 spiro atoms. The van der Waals surface area contributed by atoms with E-state index in [-0.39, 0.29) is 10.8 Å². The summed E-state index contributed by atoms with van der Waals surface area (Å²) >= 11 is 4.59. The first-order chi connectivity index (χ1) is 16.6. The molecule has 0 aromatic heterocycles. The van der Waals surface area contributed by atoms with Crippen molar-refractivity contribution < 1.29 is 0 Å². The van der Waals surface area contributed by atoms with Crippen LogP contribution in [0.1, 0.15) is 77.5 Å². The fraction of sp³-hybridized carbons (Fsp3) is 0.394. The number of aryl methyl sites for hydroxylation is 1. The van der Waals surface area contributed by atoms with Crippen LogP contribution in [0.25, 0.3) is 0 Å². The van der Waals surface area contributed by atoms with Gasteiger partial charge in [0.05, 0.1) is 0 Å². The van der Waals surface area contributed by atoms with E-state index < -0.39 is 0 Å². The molecule has 2 rings (SSSR count). The summed E-state index contributed by atoms with van der Waals surface area (Å²) in [6.45, 7) is 16.8. The number of thiol groups is 1. The Morgan fingerprint density at radius 1 is 0.914 bits per heavy atom. The van der Waals surface area contributed by atoms with Gasteiger partial charge in [0.2, 0.25) is 0 Å². The van der Waals surface area contributed by atoms with Crippen LogP contribution in [-0.2, 0) is 10.8 Å². The first kappa shape index (κ1) is 28.8. The monoisotopic (exact) mass is 487 g/mol. The molecule has 0 bridgehead atoms. The van der Waals surface area contributed by atoms with E-state index in [1.807, 2.05) is 0 Å². The van der Waals surface area contributed by atoms with E-state index in [1.54, 1.807) is 0 Å². The molecule has 188 valence electrons. The molecule has 0 aliphatic carbocycles. The summed E-state index contributed by atoms with van der Waals surface area (Å²) in [4.78, 5) is 1.00. The molecule has 2 aromatic carbocycles. The van der Waals surface area contributed by atoms with Crippen molar-refractivity contribution in [3.63, 3.8) is 0 Å². The summed E-state index contributed by atoms with van der Waals surface area (Å²) in [5.41, 5.74) is 6.48. The highest BCUT2D eigenvalue weighted by molar-refractivity contribution is 7.80. The second-order valence-electron chi connectivity index (χ2n) is 10.4. The molecule has 1 nitrogen and oxygen atoms in total. The minimum Gasteiger partial charge on any atom is -0.385 e. The van der Waals surface area contributed by atoms with Crippen molar-refractivity contribution in [1.82, 2.24) is 0 Å². The van der Waals surface area contributed by atoms with Crippen molar-refractivity contribution in [3.05, 3.63) is 107 Å². The van der Waals surface area contributed by atoms with Gasteiger partial charge in [0.15, 0.2) is 0 Å². The number of benzene rings is 2. The Hall–Kier alpha value is -2.45. The van der Waals surface area contributed by atoms with E-state index in [9.17, 15) is 0 Å². The first-order valence-corrected chi connectivity index (χ1v) is 13.4. The van der Waals surface area contributed by atoms with Gasteiger partial charge in [-0.1, -0.05) is 108 Å². The van der Waals surface area contributed by atoms with Crippen molar-refractivity contribution in [2.75, 3.05) is 11.9 Å². The molecule has 0 heterocycles. The van der Waals surface area contributed by atoms with Crippen LogP contribution in [0.2, 0.25) is 0 Å². The molecule has 0 aliphatic rings. The Morgan fingerprint density at radius 2 is 1.66 bits per heavy atom. The van der Waals surface area contributed by atoms with E-state index in [2.05, 4.69) is 151 Å². The predicted octanol–water partition coefficient (Wildman–Crippen LogP) is 9.76. The van der Waals surface area contributed by atoms with Crippen LogP contribution in [0.3, 0.4) is 0 Å². The van der Waals surface area contributed by atoms with Gasteiger partial charge in [-0.3, -0.25) is 0 Å². The average Bonchev–Trinajstić information content (AvgIpc) is 2.83.